The van der Waals surface area contributed by atoms with Crippen molar-refractivity contribution >= 4 is 23.4 Å². The quantitative estimate of drug-likeness (QED) is 0.929. The molecule has 1 aromatic carbocycles. The number of amides is 2. The smallest absolute Gasteiger partial charge is 0.246 e. The van der Waals surface area contributed by atoms with Crippen LogP contribution in [0.4, 0.5) is 4.39 Å². The van der Waals surface area contributed by atoms with Crippen LogP contribution >= 0.6 is 11.6 Å². The van der Waals surface area contributed by atoms with Crippen molar-refractivity contribution < 1.29 is 14.0 Å². The van der Waals surface area contributed by atoms with Crippen molar-refractivity contribution in [3.8, 4) is 0 Å². The van der Waals surface area contributed by atoms with Crippen molar-refractivity contribution in [1.82, 2.24) is 10.2 Å². The van der Waals surface area contributed by atoms with E-state index in [1.807, 2.05) is 6.92 Å². The van der Waals surface area contributed by atoms with E-state index in [4.69, 9.17) is 11.6 Å². The first-order valence-corrected chi connectivity index (χ1v) is 6.86. The van der Waals surface area contributed by atoms with Crippen LogP contribution in [0.25, 0.3) is 0 Å². The van der Waals surface area contributed by atoms with Crippen molar-refractivity contribution in [1.29, 1.82) is 0 Å². The molecule has 1 aliphatic heterocycles. The van der Waals surface area contributed by atoms with Crippen LogP contribution in [0.5, 0.6) is 0 Å². The van der Waals surface area contributed by atoms with Crippen molar-refractivity contribution in [2.75, 3.05) is 0 Å². The van der Waals surface area contributed by atoms with Crippen LogP contribution < -0.4 is 5.32 Å². The summed E-state index contributed by atoms with van der Waals surface area (Å²) in [5.41, 5.74) is 0.346. The largest absolute Gasteiger partial charge is 0.343 e. The Morgan fingerprint density at radius 1 is 1.40 bits per heavy atom. The predicted molar refractivity (Wildman–Crippen MR) is 73.6 cm³/mol. The molecule has 108 valence electrons. The van der Waals surface area contributed by atoms with Gasteiger partial charge in [-0.2, -0.15) is 0 Å². The van der Waals surface area contributed by atoms with Gasteiger partial charge in [0.1, 0.15) is 17.9 Å². The van der Waals surface area contributed by atoms with E-state index in [-0.39, 0.29) is 18.4 Å². The molecule has 20 heavy (non-hydrogen) atoms. The van der Waals surface area contributed by atoms with Gasteiger partial charge in [0.2, 0.25) is 11.8 Å². The van der Waals surface area contributed by atoms with E-state index in [0.29, 0.717) is 17.0 Å². The van der Waals surface area contributed by atoms with Crippen LogP contribution in [0.3, 0.4) is 0 Å². The van der Waals surface area contributed by atoms with E-state index in [0.717, 1.165) is 0 Å². The molecule has 2 rings (SSSR count). The van der Waals surface area contributed by atoms with Gasteiger partial charge in [0.05, 0.1) is 0 Å². The molecule has 0 aromatic heterocycles. The summed E-state index contributed by atoms with van der Waals surface area (Å²) >= 11 is 5.70. The molecule has 6 heteroatoms. The molecule has 1 fully saturated rings. The number of hydrogen-bond acceptors (Lipinski definition) is 2. The van der Waals surface area contributed by atoms with Gasteiger partial charge in [-0.25, -0.2) is 4.39 Å². The van der Waals surface area contributed by atoms with E-state index in [9.17, 15) is 14.0 Å². The average Bonchev–Trinajstić information content (AvgIpc) is 2.41. The number of carbonyl (C=O) groups is 2. The molecule has 1 saturated heterocycles. The second-order valence-electron chi connectivity index (χ2n) is 4.85. The Hall–Kier alpha value is -1.62. The van der Waals surface area contributed by atoms with Crippen LogP contribution in [0.2, 0.25) is 5.02 Å². The molecule has 0 saturated carbocycles. The van der Waals surface area contributed by atoms with E-state index in [1.165, 1.54) is 17.0 Å². The fourth-order valence-corrected chi connectivity index (χ4v) is 2.37. The van der Waals surface area contributed by atoms with Gasteiger partial charge in [-0.15, -0.1) is 0 Å². The van der Waals surface area contributed by atoms with Gasteiger partial charge in [-0.1, -0.05) is 24.6 Å². The lowest BCUT2D eigenvalue weighted by Gasteiger charge is -2.37. The summed E-state index contributed by atoms with van der Waals surface area (Å²) in [5.74, 6) is -0.878. The van der Waals surface area contributed by atoms with Crippen LogP contribution in [-0.4, -0.2) is 28.8 Å². The maximum Gasteiger partial charge on any atom is 0.246 e. The lowest BCUT2D eigenvalue weighted by Crippen LogP contribution is -2.61. The fraction of sp³-hybridized carbons (Fsp3) is 0.429. The molecule has 2 atom stereocenters. The van der Waals surface area contributed by atoms with Gasteiger partial charge >= 0.3 is 0 Å². The molecule has 1 aromatic rings. The van der Waals surface area contributed by atoms with E-state index < -0.39 is 17.9 Å². The summed E-state index contributed by atoms with van der Waals surface area (Å²) in [6.07, 6.45) is 0.511. The summed E-state index contributed by atoms with van der Waals surface area (Å²) in [6, 6.07) is 3.16. The van der Waals surface area contributed by atoms with Gasteiger partial charge in [-0.3, -0.25) is 9.59 Å². The SMILES string of the molecule is CCC1NC(=O)C(C)N(Cc2ccc(Cl)cc2F)C1=O. The highest BCUT2D eigenvalue weighted by atomic mass is 35.5. The molecular formula is C14H16ClFN2O2. The molecule has 0 spiro atoms. The highest BCUT2D eigenvalue weighted by molar-refractivity contribution is 6.30. The second-order valence-corrected chi connectivity index (χ2v) is 5.28. The highest BCUT2D eigenvalue weighted by Gasteiger charge is 2.37. The number of nitrogens with one attached hydrogen (secondary N) is 1. The molecule has 0 radical (unpaired) electrons. The number of carbonyl (C=O) groups excluding carboxylic acids is 2. The third kappa shape index (κ3) is 2.77. The molecule has 2 amide bonds. The number of piperazine rings is 1. The lowest BCUT2D eigenvalue weighted by molar-refractivity contribution is -0.149. The molecule has 0 aliphatic carbocycles. The van der Waals surface area contributed by atoms with Gasteiger partial charge < -0.3 is 10.2 Å². The minimum absolute atomic E-state index is 0.0624. The van der Waals surface area contributed by atoms with Crippen LogP contribution in [0.15, 0.2) is 18.2 Å². The summed E-state index contributed by atoms with van der Waals surface area (Å²) in [6.45, 7) is 3.51. The number of benzene rings is 1. The minimum atomic E-state index is -0.611. The van der Waals surface area contributed by atoms with E-state index in [2.05, 4.69) is 5.32 Å². The Morgan fingerprint density at radius 2 is 2.10 bits per heavy atom. The Morgan fingerprint density at radius 3 is 2.70 bits per heavy atom. The highest BCUT2D eigenvalue weighted by Crippen LogP contribution is 2.20. The summed E-state index contributed by atoms with van der Waals surface area (Å²) in [7, 11) is 0. The molecule has 1 aliphatic rings. The van der Waals surface area contributed by atoms with Crippen LogP contribution in [0.1, 0.15) is 25.8 Å². The van der Waals surface area contributed by atoms with Gasteiger partial charge in [0.15, 0.2) is 0 Å². The number of nitrogens with zero attached hydrogens (tertiary/aromatic N) is 1. The lowest BCUT2D eigenvalue weighted by atomic mass is 10.0. The summed E-state index contributed by atoms with van der Waals surface area (Å²) < 4.78 is 13.8. The summed E-state index contributed by atoms with van der Waals surface area (Å²) in [4.78, 5) is 25.5. The zero-order chi connectivity index (χ0) is 14.9. The Kier molecular flexibility index (Phi) is 4.28. The number of rotatable bonds is 3. The van der Waals surface area contributed by atoms with Gasteiger partial charge in [0.25, 0.3) is 0 Å². The maximum atomic E-state index is 13.8. The van der Waals surface area contributed by atoms with Crippen molar-refractivity contribution in [2.24, 2.45) is 0 Å². The third-order valence-corrected chi connectivity index (χ3v) is 3.74. The molecule has 1 heterocycles. The standard InChI is InChI=1S/C14H16ClFN2O2/c1-3-12-14(20)18(8(2)13(19)17-12)7-9-4-5-10(15)6-11(9)16/h4-6,8,12H,3,7H2,1-2H3,(H,17,19). The summed E-state index contributed by atoms with van der Waals surface area (Å²) in [5, 5.41) is 2.96. The van der Waals surface area contributed by atoms with Crippen LogP contribution in [-0.2, 0) is 16.1 Å². The van der Waals surface area contributed by atoms with E-state index >= 15 is 0 Å². The fourth-order valence-electron chi connectivity index (χ4n) is 2.21. The zero-order valence-electron chi connectivity index (χ0n) is 11.3. The Bertz CT molecular complexity index is 550. The molecular weight excluding hydrogens is 283 g/mol. The molecule has 1 N–H and O–H groups in total. The van der Waals surface area contributed by atoms with Gasteiger partial charge in [0, 0.05) is 17.1 Å². The number of halogens is 2. The molecule has 2 unspecified atom stereocenters. The van der Waals surface area contributed by atoms with Crippen molar-refractivity contribution in [3.63, 3.8) is 0 Å². The maximum absolute atomic E-state index is 13.8. The second kappa shape index (κ2) is 5.79. The molecule has 0 bridgehead atoms. The van der Waals surface area contributed by atoms with E-state index in [1.54, 1.807) is 13.0 Å². The molecule has 4 nitrogen and oxygen atoms in total. The third-order valence-electron chi connectivity index (χ3n) is 3.51. The average molecular weight is 299 g/mol. The first-order valence-electron chi connectivity index (χ1n) is 6.48. The minimum Gasteiger partial charge on any atom is -0.343 e. The zero-order valence-corrected chi connectivity index (χ0v) is 12.1. The van der Waals surface area contributed by atoms with Crippen molar-refractivity contribution in [2.45, 2.75) is 38.9 Å². The first-order chi connectivity index (χ1) is 9.43. The van der Waals surface area contributed by atoms with Gasteiger partial charge in [-0.05, 0) is 25.5 Å². The number of hydrogen-bond donors (Lipinski definition) is 1. The normalized spacial score (nSPS) is 22.9. The predicted octanol–water partition coefficient (Wildman–Crippen LogP) is 2.10. The van der Waals surface area contributed by atoms with Crippen molar-refractivity contribution in [3.05, 3.63) is 34.6 Å². The Balaban J connectivity index is 2.25. The monoisotopic (exact) mass is 298 g/mol. The Labute approximate surface area is 121 Å². The first kappa shape index (κ1) is 14.8. The topological polar surface area (TPSA) is 49.4 Å². The van der Waals surface area contributed by atoms with Crippen LogP contribution in [0, 0.1) is 5.82 Å².